The Morgan fingerprint density at radius 1 is 1.32 bits per heavy atom. The third-order valence-corrected chi connectivity index (χ3v) is 3.05. The van der Waals surface area contributed by atoms with Gasteiger partial charge in [0.2, 0.25) is 5.91 Å². The molecule has 0 heterocycles. The lowest BCUT2D eigenvalue weighted by Gasteiger charge is -2.15. The largest absolute Gasteiger partial charge is 0.352 e. The van der Waals surface area contributed by atoms with Crippen LogP contribution in [0.4, 0.5) is 0 Å². The minimum Gasteiger partial charge on any atom is -0.352 e. The molecule has 1 amide bonds. The fourth-order valence-electron chi connectivity index (χ4n) is 1.87. The molecule has 0 aromatic heterocycles. The predicted octanol–water partition coefficient (Wildman–Crippen LogP) is 1.49. The van der Waals surface area contributed by atoms with E-state index in [1.165, 1.54) is 5.56 Å². The Morgan fingerprint density at radius 2 is 1.95 bits per heavy atom. The van der Waals surface area contributed by atoms with Crippen LogP contribution in [0.1, 0.15) is 30.9 Å². The summed E-state index contributed by atoms with van der Waals surface area (Å²) < 4.78 is 0. The van der Waals surface area contributed by atoms with E-state index in [0.29, 0.717) is 13.0 Å². The van der Waals surface area contributed by atoms with Crippen LogP contribution in [0.5, 0.6) is 0 Å². The molecule has 0 aliphatic heterocycles. The lowest BCUT2D eigenvalue weighted by Crippen LogP contribution is -2.31. The minimum atomic E-state index is -0.0444. The van der Waals surface area contributed by atoms with Crippen molar-refractivity contribution >= 4 is 5.91 Å². The Morgan fingerprint density at radius 3 is 2.53 bits per heavy atom. The van der Waals surface area contributed by atoms with Gasteiger partial charge in [-0.1, -0.05) is 31.2 Å². The molecule has 1 unspecified atom stereocenters. The van der Waals surface area contributed by atoms with Crippen molar-refractivity contribution in [1.29, 1.82) is 0 Å². The molecular weight excluding hydrogens is 238 g/mol. The van der Waals surface area contributed by atoms with Gasteiger partial charge in [-0.3, -0.25) is 4.79 Å². The number of nitrogens with one attached hydrogen (secondary N) is 1. The number of carbonyl (C=O) groups excluding carboxylic acids is 1. The van der Waals surface area contributed by atoms with E-state index < -0.39 is 0 Å². The molecule has 106 valence electrons. The van der Waals surface area contributed by atoms with Crippen molar-refractivity contribution in [3.63, 3.8) is 0 Å². The average molecular weight is 263 g/mol. The third-order valence-electron chi connectivity index (χ3n) is 3.05. The fourth-order valence-corrected chi connectivity index (χ4v) is 1.87. The van der Waals surface area contributed by atoms with E-state index in [9.17, 15) is 4.79 Å². The van der Waals surface area contributed by atoms with Crippen LogP contribution < -0.4 is 11.1 Å². The molecule has 1 atom stereocenters. The number of nitrogens with two attached hydrogens (primary N) is 1. The van der Waals surface area contributed by atoms with Gasteiger partial charge in [-0.2, -0.15) is 0 Å². The molecule has 1 aromatic carbocycles. The van der Waals surface area contributed by atoms with Gasteiger partial charge >= 0.3 is 0 Å². The van der Waals surface area contributed by atoms with Crippen LogP contribution in [-0.2, 0) is 17.9 Å². The highest BCUT2D eigenvalue weighted by Crippen LogP contribution is 2.10. The van der Waals surface area contributed by atoms with Gasteiger partial charge in [0, 0.05) is 25.6 Å². The number of hydrogen-bond donors (Lipinski definition) is 2. The molecule has 0 aliphatic rings. The van der Waals surface area contributed by atoms with Crippen molar-refractivity contribution in [2.24, 2.45) is 5.73 Å². The van der Waals surface area contributed by atoms with Crippen LogP contribution in [0, 0.1) is 0 Å². The molecule has 1 aromatic rings. The molecule has 1 rings (SSSR count). The van der Waals surface area contributed by atoms with Crippen molar-refractivity contribution in [2.45, 2.75) is 38.9 Å². The maximum Gasteiger partial charge on any atom is 0.221 e. The zero-order chi connectivity index (χ0) is 14.3. The Labute approximate surface area is 116 Å². The molecule has 0 bridgehead atoms. The minimum absolute atomic E-state index is 0.0222. The fraction of sp³-hybridized carbons (Fsp3) is 0.533. The summed E-state index contributed by atoms with van der Waals surface area (Å²) in [6, 6.07) is 8.13. The van der Waals surface area contributed by atoms with Crippen molar-refractivity contribution < 1.29 is 4.79 Å². The number of rotatable bonds is 7. The van der Waals surface area contributed by atoms with Crippen molar-refractivity contribution in [1.82, 2.24) is 10.2 Å². The Hall–Kier alpha value is -1.39. The molecule has 0 radical (unpaired) electrons. The van der Waals surface area contributed by atoms with Gasteiger partial charge in [-0.15, -0.1) is 0 Å². The topological polar surface area (TPSA) is 58.4 Å². The van der Waals surface area contributed by atoms with Crippen LogP contribution in [-0.4, -0.2) is 30.9 Å². The second kappa shape index (κ2) is 7.92. The first-order valence-electron chi connectivity index (χ1n) is 6.76. The van der Waals surface area contributed by atoms with Gasteiger partial charge in [0.05, 0.1) is 0 Å². The Bertz CT molecular complexity index is 404. The molecular formula is C15H25N3O. The first-order valence-corrected chi connectivity index (χ1v) is 6.76. The quantitative estimate of drug-likeness (QED) is 0.783. The van der Waals surface area contributed by atoms with E-state index in [-0.39, 0.29) is 11.9 Å². The summed E-state index contributed by atoms with van der Waals surface area (Å²) in [5.41, 5.74) is 8.18. The normalized spacial score (nSPS) is 12.5. The Kier molecular flexibility index (Phi) is 6.53. The van der Waals surface area contributed by atoms with Crippen molar-refractivity contribution in [3.8, 4) is 0 Å². The summed E-state index contributed by atoms with van der Waals surface area (Å²) in [7, 11) is 4.07. The van der Waals surface area contributed by atoms with Gasteiger partial charge < -0.3 is 16.0 Å². The Balaban J connectivity index is 2.55. The van der Waals surface area contributed by atoms with E-state index in [4.69, 9.17) is 5.73 Å². The standard InChI is InChI=1S/C15H25N3O/c1-4-14(16)9-15(19)17-10-12-7-5-6-8-13(12)11-18(2)3/h5-8,14H,4,9-11,16H2,1-3H3,(H,17,19). The van der Waals surface area contributed by atoms with Crippen LogP contribution in [0.2, 0.25) is 0 Å². The van der Waals surface area contributed by atoms with Crippen LogP contribution in [0.3, 0.4) is 0 Å². The SMILES string of the molecule is CCC(N)CC(=O)NCc1ccccc1CN(C)C. The number of carbonyl (C=O) groups is 1. The molecule has 0 aliphatic carbocycles. The molecule has 4 nitrogen and oxygen atoms in total. The second-order valence-corrected chi connectivity index (χ2v) is 5.16. The molecule has 0 saturated heterocycles. The first-order chi connectivity index (χ1) is 9.02. The summed E-state index contributed by atoms with van der Waals surface area (Å²) in [5, 5.41) is 2.94. The highest BCUT2D eigenvalue weighted by molar-refractivity contribution is 5.76. The summed E-state index contributed by atoms with van der Waals surface area (Å²) in [6.07, 6.45) is 1.22. The number of hydrogen-bond acceptors (Lipinski definition) is 3. The molecule has 0 saturated carbocycles. The van der Waals surface area contributed by atoms with Gasteiger partial charge in [0.15, 0.2) is 0 Å². The summed E-state index contributed by atoms with van der Waals surface area (Å²) >= 11 is 0. The average Bonchev–Trinajstić information content (AvgIpc) is 2.37. The van der Waals surface area contributed by atoms with Crippen LogP contribution in [0.25, 0.3) is 0 Å². The molecule has 0 fully saturated rings. The van der Waals surface area contributed by atoms with Gasteiger partial charge in [-0.05, 0) is 31.6 Å². The summed E-state index contributed by atoms with van der Waals surface area (Å²) in [4.78, 5) is 13.8. The smallest absolute Gasteiger partial charge is 0.221 e. The van der Waals surface area contributed by atoms with E-state index in [1.54, 1.807) is 0 Å². The lowest BCUT2D eigenvalue weighted by atomic mass is 10.1. The van der Waals surface area contributed by atoms with Crippen molar-refractivity contribution in [2.75, 3.05) is 14.1 Å². The maximum absolute atomic E-state index is 11.7. The van der Waals surface area contributed by atoms with E-state index in [0.717, 1.165) is 18.5 Å². The summed E-state index contributed by atoms with van der Waals surface area (Å²) in [6.45, 7) is 3.43. The number of nitrogens with zero attached hydrogens (tertiary/aromatic N) is 1. The van der Waals surface area contributed by atoms with Crippen LogP contribution >= 0.6 is 0 Å². The number of benzene rings is 1. The second-order valence-electron chi connectivity index (χ2n) is 5.16. The third kappa shape index (κ3) is 5.85. The lowest BCUT2D eigenvalue weighted by molar-refractivity contribution is -0.121. The van der Waals surface area contributed by atoms with Crippen LogP contribution in [0.15, 0.2) is 24.3 Å². The van der Waals surface area contributed by atoms with E-state index >= 15 is 0 Å². The highest BCUT2D eigenvalue weighted by atomic mass is 16.1. The van der Waals surface area contributed by atoms with Gasteiger partial charge in [0.1, 0.15) is 0 Å². The van der Waals surface area contributed by atoms with E-state index in [2.05, 4.69) is 22.3 Å². The predicted molar refractivity (Wildman–Crippen MR) is 78.6 cm³/mol. The van der Waals surface area contributed by atoms with Gasteiger partial charge in [0.25, 0.3) is 0 Å². The van der Waals surface area contributed by atoms with Crippen molar-refractivity contribution in [3.05, 3.63) is 35.4 Å². The summed E-state index contributed by atoms with van der Waals surface area (Å²) in [5.74, 6) is 0.0222. The molecule has 0 spiro atoms. The first kappa shape index (κ1) is 15.7. The molecule has 3 N–H and O–H groups in total. The zero-order valence-electron chi connectivity index (χ0n) is 12.1. The van der Waals surface area contributed by atoms with Gasteiger partial charge in [-0.25, -0.2) is 0 Å². The van der Waals surface area contributed by atoms with E-state index in [1.807, 2.05) is 33.2 Å². The monoisotopic (exact) mass is 263 g/mol. The maximum atomic E-state index is 11.7. The zero-order valence-corrected chi connectivity index (χ0v) is 12.1. The molecule has 4 heteroatoms. The number of amides is 1. The highest BCUT2D eigenvalue weighted by Gasteiger charge is 2.08. The molecule has 19 heavy (non-hydrogen) atoms.